The number of aliphatic hydroxyl groups is 3. The molecule has 5 fully saturated rings. The number of carbonyl (C=O) groups excluding carboxylic acids is 5. The van der Waals surface area contributed by atoms with Crippen molar-refractivity contribution in [1.82, 2.24) is 34.9 Å². The minimum atomic E-state index is -1.99. The number of hydrogen-bond acceptors (Lipinski definition) is 20. The zero-order chi connectivity index (χ0) is 68.7. The predicted molar refractivity (Wildman–Crippen MR) is 358 cm³/mol. The number of benzene rings is 3. The number of nitrogens with zero attached hydrogens (tertiary/aromatic N) is 7. The van der Waals surface area contributed by atoms with Gasteiger partial charge in [-0.05, 0) is 146 Å². The van der Waals surface area contributed by atoms with E-state index in [2.05, 4.69) is 29.5 Å². The Labute approximate surface area is 565 Å². The summed E-state index contributed by atoms with van der Waals surface area (Å²) in [4.78, 5) is 104. The number of nitrogens with one attached hydrogen (secondary N) is 2. The smallest absolute Gasteiger partial charge is 0.410 e. The maximum absolute atomic E-state index is 14.3. The van der Waals surface area contributed by atoms with Gasteiger partial charge in [-0.15, -0.1) is 0 Å². The number of aliphatic carboxylic acids is 1. The lowest BCUT2D eigenvalue weighted by atomic mass is 9.39. The van der Waals surface area contributed by atoms with Gasteiger partial charge in [-0.2, -0.15) is 5.10 Å². The van der Waals surface area contributed by atoms with Crippen LogP contribution in [0.3, 0.4) is 0 Å². The molecule has 10 atom stereocenters. The summed E-state index contributed by atoms with van der Waals surface area (Å²) < 4.78 is 38.2. The number of hydrogen-bond donors (Lipinski definition) is 8. The first-order valence-electron chi connectivity index (χ1n) is 32.4. The van der Waals surface area contributed by atoms with Gasteiger partial charge in [0.25, 0.3) is 17.7 Å². The third-order valence-electron chi connectivity index (χ3n) is 19.5. The van der Waals surface area contributed by atoms with Gasteiger partial charge in [-0.25, -0.2) is 24.4 Å². The number of thiazole rings is 1. The molecule has 3 aliphatic heterocycles. The average Bonchev–Trinajstić information content (AvgIpc) is 0.922. The summed E-state index contributed by atoms with van der Waals surface area (Å²) in [5, 5.41) is 65.3. The van der Waals surface area contributed by atoms with Crippen LogP contribution in [0.1, 0.15) is 115 Å². The van der Waals surface area contributed by atoms with E-state index in [1.54, 1.807) is 48.8 Å². The molecule has 4 saturated carbocycles. The van der Waals surface area contributed by atoms with Crippen LogP contribution in [0.25, 0.3) is 21.3 Å². The van der Waals surface area contributed by atoms with Crippen LogP contribution in [0.4, 0.5) is 15.7 Å². The second-order valence-corrected chi connectivity index (χ2v) is 29.9. The van der Waals surface area contributed by atoms with Gasteiger partial charge in [0.15, 0.2) is 16.9 Å². The number of anilines is 2. The van der Waals surface area contributed by atoms with Gasteiger partial charge in [-0.3, -0.25) is 34.1 Å². The topological polar surface area (TPSA) is 355 Å². The normalized spacial score (nSPS) is 25.9. The molecule has 4 unspecified atom stereocenters. The lowest BCUT2D eigenvalue weighted by molar-refractivity contribution is -0.271. The van der Waals surface area contributed by atoms with Crippen molar-refractivity contribution in [1.29, 1.82) is 0 Å². The Hall–Kier alpha value is -8.48. The number of ether oxygens (including phenoxy) is 4. The van der Waals surface area contributed by atoms with E-state index in [9.17, 15) is 63.6 Å². The van der Waals surface area contributed by atoms with Gasteiger partial charge in [0, 0.05) is 85.1 Å². The van der Waals surface area contributed by atoms with Crippen molar-refractivity contribution in [3.63, 3.8) is 0 Å². The zero-order valence-corrected chi connectivity index (χ0v) is 55.8. The van der Waals surface area contributed by atoms with E-state index in [1.165, 1.54) is 16.2 Å². The van der Waals surface area contributed by atoms with E-state index < -0.39 is 96.0 Å². The third-order valence-corrected chi connectivity index (χ3v) is 21.6. The van der Waals surface area contributed by atoms with Crippen molar-refractivity contribution in [2.75, 3.05) is 55.3 Å². The number of imide groups is 1. The number of pyridine rings is 1. The van der Waals surface area contributed by atoms with Gasteiger partial charge < -0.3 is 64.1 Å². The number of amides is 5. The molecule has 5 amide bonds. The number of aromatic carboxylic acids is 1. The molecule has 1 saturated heterocycles. The van der Waals surface area contributed by atoms with Crippen LogP contribution in [-0.2, 0) is 65.9 Å². The summed E-state index contributed by atoms with van der Waals surface area (Å²) in [6.45, 7) is 9.40. The number of aromatic nitrogens is 4. The van der Waals surface area contributed by atoms with Crippen molar-refractivity contribution in [2.24, 2.45) is 16.2 Å². The van der Waals surface area contributed by atoms with Crippen molar-refractivity contribution in [2.45, 2.75) is 141 Å². The SMILES string of the molecule is C/C=S(/O)CCN(CCOC12CC3(C)CC(Cn4ncc(-c5ccc(N6CCc7cccc(C(=O)Nc8nc9ccccc9s8)c7C6)nc5C(=O)O)c4C)(C1)C[C@@](C)(C3)C2)C(=O)OCc1ccc(CCCNC(=O)CN2C(=O)C=CC2=O)cc1O[C@@H]1O[C@H](C(=O)O)[C@@H](O)[C@H](O)[C@H]1O. The number of aryl methyl sites for hydroxylation is 1. The number of carboxylic acids is 2. The number of fused-ring (bicyclic) bond motifs is 2. The highest BCUT2D eigenvalue weighted by Gasteiger charge is 2.66. The van der Waals surface area contributed by atoms with Gasteiger partial charge in [0.1, 0.15) is 43.0 Å². The first kappa shape index (κ1) is 68.5. The fourth-order valence-corrected chi connectivity index (χ4v) is 17.7. The standard InChI is InChI=1S/C69H79N9O17S2/c1-5-97(91)27-25-75(65(90)92-32-43-16-15-41(10-9-22-70-52(79)31-77-53(80)19-20-54(77)81)28-49(43)94-63-58(84)56(82)57(83)59(95-63)62(88)89)24-26-93-69-36-66(3)33-67(4,37-69)35-68(34-66,38-69)39-78-40(2)46(29-71-78)44-17-18-51(73-55(44)61(86)87)76-23-21-42-11-8-12-45(47(42)30-76)60(85)74-64-72-48-13-6-7-14-50(48)96-64/h5-8,11-20,28-29,56-59,63,82-84,91H,9-10,21-27,30-39H2,1-4H3,(H,70,79)(H,86,87)(H,88,89)(H,72,74,85)/t56-,57-,58+,59-,63+,66+,67?,68?,69?,97?/m0/s1. The fraction of sp³-hybridized carbons (Fsp3) is 0.464. The van der Waals surface area contributed by atoms with Crippen molar-refractivity contribution < 1.29 is 82.6 Å². The van der Waals surface area contributed by atoms with E-state index >= 15 is 0 Å². The molecule has 514 valence electrons. The molecule has 0 spiro atoms. The second kappa shape index (κ2) is 27.8. The van der Waals surface area contributed by atoms with E-state index in [-0.39, 0.29) is 71.2 Å². The molecule has 6 heterocycles. The van der Waals surface area contributed by atoms with E-state index in [0.29, 0.717) is 78.5 Å². The molecule has 3 aromatic carbocycles. The number of para-hydroxylation sites is 1. The molecular formula is C69H79N9O17S2. The highest BCUT2D eigenvalue weighted by atomic mass is 32.2. The molecule has 97 heavy (non-hydrogen) atoms. The summed E-state index contributed by atoms with van der Waals surface area (Å²) in [5.41, 5.74) is 4.82. The molecule has 13 rings (SSSR count). The minimum Gasteiger partial charge on any atom is -0.479 e. The Balaban J connectivity index is 0.715. The van der Waals surface area contributed by atoms with Gasteiger partial charge >= 0.3 is 18.0 Å². The van der Waals surface area contributed by atoms with Crippen LogP contribution in [0.2, 0.25) is 0 Å². The van der Waals surface area contributed by atoms with Gasteiger partial charge in [0.2, 0.25) is 12.2 Å². The number of rotatable bonds is 25. The maximum Gasteiger partial charge on any atom is 0.410 e. The van der Waals surface area contributed by atoms with Crippen LogP contribution in [0, 0.1) is 23.2 Å². The number of aliphatic hydroxyl groups excluding tert-OH is 3. The van der Waals surface area contributed by atoms with Crippen LogP contribution in [0.15, 0.2) is 91.1 Å². The third kappa shape index (κ3) is 14.7. The first-order valence-corrected chi connectivity index (χ1v) is 34.6. The van der Waals surface area contributed by atoms with Gasteiger partial charge in [0.05, 0.1) is 28.6 Å². The Bertz CT molecular complexity index is 4080. The number of carbonyl (C=O) groups is 7. The summed E-state index contributed by atoms with van der Waals surface area (Å²) in [5.74, 6) is -4.15. The van der Waals surface area contributed by atoms with E-state index in [0.717, 1.165) is 76.2 Å². The molecule has 8 N–H and O–H groups in total. The van der Waals surface area contributed by atoms with Crippen molar-refractivity contribution >= 4 is 90.3 Å². The zero-order valence-electron chi connectivity index (χ0n) is 54.2. The molecule has 4 bridgehead atoms. The molecule has 28 heteroatoms. The lowest BCUT2D eigenvalue weighted by Gasteiger charge is -2.69. The Morgan fingerprint density at radius 3 is 2.37 bits per heavy atom. The maximum atomic E-state index is 14.3. The first-order chi connectivity index (χ1) is 46.3. The number of carboxylic acid groups (broad SMARTS) is 2. The Kier molecular flexibility index (Phi) is 19.6. The largest absolute Gasteiger partial charge is 0.479 e. The minimum absolute atomic E-state index is 0.0191. The molecular weight excluding hydrogens is 1290 g/mol. The van der Waals surface area contributed by atoms with Gasteiger partial charge in [-0.1, -0.05) is 72.3 Å². The van der Waals surface area contributed by atoms with Crippen LogP contribution < -0.4 is 20.3 Å². The summed E-state index contributed by atoms with van der Waals surface area (Å²) >= 11 is 1.40. The van der Waals surface area contributed by atoms with E-state index in [1.807, 2.05) is 59.0 Å². The highest BCUT2D eigenvalue weighted by molar-refractivity contribution is 8.10. The Morgan fingerprint density at radius 2 is 1.64 bits per heavy atom. The quantitative estimate of drug-likeness (QED) is 0.0163. The molecule has 3 aromatic heterocycles. The van der Waals surface area contributed by atoms with Crippen molar-refractivity contribution in [3.8, 4) is 16.9 Å². The molecule has 6 aromatic rings. The van der Waals surface area contributed by atoms with Crippen LogP contribution in [-0.4, -0.2) is 188 Å². The summed E-state index contributed by atoms with van der Waals surface area (Å²) in [6, 6.07) is 21.8. The lowest BCUT2D eigenvalue weighted by Crippen LogP contribution is -2.64. The molecule has 4 aliphatic carbocycles. The van der Waals surface area contributed by atoms with Crippen LogP contribution >= 0.6 is 22.1 Å². The highest BCUT2D eigenvalue weighted by Crippen LogP contribution is 2.72. The molecule has 7 aliphatic rings. The average molecular weight is 1370 g/mol. The van der Waals surface area contributed by atoms with Crippen LogP contribution in [0.5, 0.6) is 5.75 Å². The van der Waals surface area contributed by atoms with Crippen molar-refractivity contribution in [3.05, 3.63) is 130 Å². The fourth-order valence-electron chi connectivity index (χ4n) is 16.2. The summed E-state index contributed by atoms with van der Waals surface area (Å²) in [7, 11) is -1.14. The second-order valence-electron chi connectivity index (χ2n) is 27.2. The monoisotopic (exact) mass is 1370 g/mol. The van der Waals surface area contributed by atoms with E-state index in [4.69, 9.17) is 29.0 Å². The molecule has 0 radical (unpaired) electrons. The molecule has 26 nitrogen and oxygen atoms in total. The predicted octanol–water partition coefficient (Wildman–Crippen LogP) is 6.96. The Morgan fingerprint density at radius 1 is 0.876 bits per heavy atom. The summed E-state index contributed by atoms with van der Waals surface area (Å²) in [6.07, 6.45) is -0.0332.